The third kappa shape index (κ3) is 5.22. The Labute approximate surface area is 139 Å². The summed E-state index contributed by atoms with van der Waals surface area (Å²) in [6.07, 6.45) is 2.96. The number of carbonyl (C=O) groups is 1. The van der Waals surface area contributed by atoms with Crippen molar-refractivity contribution in [2.24, 2.45) is 5.92 Å². The molecule has 0 aliphatic carbocycles. The number of anilines is 1. The van der Waals surface area contributed by atoms with E-state index in [2.05, 4.69) is 21.2 Å². The Morgan fingerprint density at radius 2 is 2.19 bits per heavy atom. The van der Waals surface area contributed by atoms with Crippen molar-refractivity contribution in [3.8, 4) is 5.75 Å². The first-order valence-electron chi connectivity index (χ1n) is 7.42. The molecule has 5 heteroatoms. The van der Waals surface area contributed by atoms with Crippen LogP contribution in [0.15, 0.2) is 18.2 Å². The predicted octanol–water partition coefficient (Wildman–Crippen LogP) is 4.45. The molecule has 1 aliphatic rings. The molecule has 0 atom stereocenters. The SMILES string of the molecule is CCOc1ccc(NC(=O)CC2CCSCC2)cc1CBr. The van der Waals surface area contributed by atoms with Gasteiger partial charge in [0.25, 0.3) is 0 Å². The van der Waals surface area contributed by atoms with Gasteiger partial charge in [-0.1, -0.05) is 15.9 Å². The quantitative estimate of drug-likeness (QED) is 0.750. The highest BCUT2D eigenvalue weighted by atomic mass is 79.9. The van der Waals surface area contributed by atoms with Gasteiger partial charge in [0.05, 0.1) is 6.61 Å². The molecule has 0 saturated carbocycles. The molecule has 1 fully saturated rings. The van der Waals surface area contributed by atoms with Crippen LogP contribution in [-0.4, -0.2) is 24.0 Å². The topological polar surface area (TPSA) is 38.3 Å². The summed E-state index contributed by atoms with van der Waals surface area (Å²) in [4.78, 5) is 12.1. The summed E-state index contributed by atoms with van der Waals surface area (Å²) < 4.78 is 5.56. The molecule has 1 N–H and O–H groups in total. The minimum atomic E-state index is 0.122. The summed E-state index contributed by atoms with van der Waals surface area (Å²) in [7, 11) is 0. The molecule has 2 rings (SSSR count). The molecule has 1 aliphatic heterocycles. The number of benzene rings is 1. The molecule has 116 valence electrons. The van der Waals surface area contributed by atoms with Crippen molar-refractivity contribution >= 4 is 39.3 Å². The molecule has 0 spiro atoms. The summed E-state index contributed by atoms with van der Waals surface area (Å²) in [5.74, 6) is 3.92. The van der Waals surface area contributed by atoms with Gasteiger partial charge < -0.3 is 10.1 Å². The van der Waals surface area contributed by atoms with E-state index in [0.29, 0.717) is 24.3 Å². The molecular formula is C16H22BrNO2S. The minimum absolute atomic E-state index is 0.122. The molecule has 1 saturated heterocycles. The number of ether oxygens (including phenoxy) is 1. The van der Waals surface area contributed by atoms with Crippen molar-refractivity contribution in [3.63, 3.8) is 0 Å². The van der Waals surface area contributed by atoms with Crippen LogP contribution in [0.2, 0.25) is 0 Å². The van der Waals surface area contributed by atoms with Crippen molar-refractivity contribution in [2.75, 3.05) is 23.4 Å². The minimum Gasteiger partial charge on any atom is -0.494 e. The zero-order valence-electron chi connectivity index (χ0n) is 12.4. The van der Waals surface area contributed by atoms with E-state index in [9.17, 15) is 4.79 Å². The van der Waals surface area contributed by atoms with Gasteiger partial charge in [0.1, 0.15) is 5.75 Å². The maximum atomic E-state index is 12.1. The lowest BCUT2D eigenvalue weighted by Crippen LogP contribution is -2.19. The number of hydrogen-bond acceptors (Lipinski definition) is 3. The third-order valence-electron chi connectivity index (χ3n) is 3.60. The Balaban J connectivity index is 1.93. The molecule has 1 aromatic rings. The molecule has 0 aromatic heterocycles. The van der Waals surface area contributed by atoms with Crippen molar-refractivity contribution in [3.05, 3.63) is 23.8 Å². The van der Waals surface area contributed by atoms with E-state index < -0.39 is 0 Å². The lowest BCUT2D eigenvalue weighted by Gasteiger charge is -2.20. The Bertz CT molecular complexity index is 475. The molecule has 3 nitrogen and oxygen atoms in total. The van der Waals surface area contributed by atoms with Crippen LogP contribution >= 0.6 is 27.7 Å². The summed E-state index contributed by atoms with van der Waals surface area (Å²) in [5, 5.41) is 3.73. The number of thioether (sulfide) groups is 1. The Kier molecular flexibility index (Phi) is 6.90. The fraction of sp³-hybridized carbons (Fsp3) is 0.562. The maximum Gasteiger partial charge on any atom is 0.224 e. The zero-order valence-corrected chi connectivity index (χ0v) is 14.8. The van der Waals surface area contributed by atoms with Gasteiger partial charge in [-0.3, -0.25) is 4.79 Å². The molecule has 1 aromatic carbocycles. The number of halogens is 1. The van der Waals surface area contributed by atoms with E-state index in [-0.39, 0.29) is 5.91 Å². The van der Waals surface area contributed by atoms with Crippen molar-refractivity contribution in [2.45, 2.75) is 31.5 Å². The number of carbonyl (C=O) groups excluding carboxylic acids is 1. The summed E-state index contributed by atoms with van der Waals surface area (Å²) >= 11 is 5.45. The number of alkyl halides is 1. The van der Waals surface area contributed by atoms with E-state index in [1.165, 1.54) is 11.5 Å². The molecule has 0 unspecified atom stereocenters. The molecule has 1 amide bonds. The number of nitrogens with one attached hydrogen (secondary N) is 1. The molecule has 0 radical (unpaired) electrons. The summed E-state index contributed by atoms with van der Waals surface area (Å²) in [5.41, 5.74) is 1.91. The fourth-order valence-corrected chi connectivity index (χ4v) is 4.13. The van der Waals surface area contributed by atoms with E-state index in [0.717, 1.165) is 29.8 Å². The van der Waals surface area contributed by atoms with E-state index in [4.69, 9.17) is 4.74 Å². The highest BCUT2D eigenvalue weighted by Crippen LogP contribution is 2.27. The van der Waals surface area contributed by atoms with Crippen LogP contribution in [0, 0.1) is 5.92 Å². The highest BCUT2D eigenvalue weighted by molar-refractivity contribution is 9.08. The van der Waals surface area contributed by atoms with Gasteiger partial charge in [-0.05, 0) is 55.4 Å². The van der Waals surface area contributed by atoms with Crippen molar-refractivity contribution in [1.82, 2.24) is 0 Å². The fourth-order valence-electron chi connectivity index (χ4n) is 2.48. The molecule has 21 heavy (non-hydrogen) atoms. The van der Waals surface area contributed by atoms with Crippen LogP contribution < -0.4 is 10.1 Å². The lowest BCUT2D eigenvalue weighted by atomic mass is 9.98. The Hall–Kier alpha value is -0.680. The van der Waals surface area contributed by atoms with E-state index >= 15 is 0 Å². The summed E-state index contributed by atoms with van der Waals surface area (Å²) in [6, 6.07) is 5.81. The highest BCUT2D eigenvalue weighted by Gasteiger charge is 2.17. The largest absolute Gasteiger partial charge is 0.494 e. The van der Waals surface area contributed by atoms with Crippen LogP contribution in [0.5, 0.6) is 5.75 Å². The first kappa shape index (κ1) is 16.7. The Morgan fingerprint density at radius 3 is 2.86 bits per heavy atom. The monoisotopic (exact) mass is 371 g/mol. The normalized spacial score (nSPS) is 15.7. The van der Waals surface area contributed by atoms with Crippen LogP contribution in [0.25, 0.3) is 0 Å². The second kappa shape index (κ2) is 8.69. The number of amides is 1. The number of hydrogen-bond donors (Lipinski definition) is 1. The van der Waals surface area contributed by atoms with Gasteiger partial charge in [-0.15, -0.1) is 0 Å². The number of rotatable bonds is 6. The van der Waals surface area contributed by atoms with Crippen molar-refractivity contribution in [1.29, 1.82) is 0 Å². The lowest BCUT2D eigenvalue weighted by molar-refractivity contribution is -0.117. The molecular weight excluding hydrogens is 350 g/mol. The first-order chi connectivity index (χ1) is 10.2. The smallest absolute Gasteiger partial charge is 0.224 e. The van der Waals surface area contributed by atoms with E-state index in [1.54, 1.807) is 0 Å². The first-order valence-corrected chi connectivity index (χ1v) is 9.69. The predicted molar refractivity (Wildman–Crippen MR) is 93.5 cm³/mol. The van der Waals surface area contributed by atoms with Gasteiger partial charge in [-0.25, -0.2) is 0 Å². The zero-order chi connectivity index (χ0) is 15.1. The van der Waals surface area contributed by atoms with Gasteiger partial charge in [0.2, 0.25) is 5.91 Å². The summed E-state index contributed by atoms with van der Waals surface area (Å²) in [6.45, 7) is 2.61. The maximum absolute atomic E-state index is 12.1. The average molecular weight is 372 g/mol. The van der Waals surface area contributed by atoms with Crippen molar-refractivity contribution < 1.29 is 9.53 Å². The standard InChI is InChI=1S/C16H22BrNO2S/c1-2-20-15-4-3-14(10-13(15)11-17)18-16(19)9-12-5-7-21-8-6-12/h3-4,10,12H,2,5-9,11H2,1H3,(H,18,19). The molecule has 0 bridgehead atoms. The van der Waals surface area contributed by atoms with Crippen LogP contribution in [0.3, 0.4) is 0 Å². The second-order valence-corrected chi connectivity index (χ2v) is 6.98. The average Bonchev–Trinajstić information content (AvgIpc) is 2.50. The third-order valence-corrected chi connectivity index (χ3v) is 5.26. The second-order valence-electron chi connectivity index (χ2n) is 5.20. The van der Waals surface area contributed by atoms with Gasteiger partial charge in [-0.2, -0.15) is 11.8 Å². The van der Waals surface area contributed by atoms with Gasteiger partial charge >= 0.3 is 0 Å². The van der Waals surface area contributed by atoms with Crippen LogP contribution in [0.4, 0.5) is 5.69 Å². The Morgan fingerprint density at radius 1 is 1.43 bits per heavy atom. The van der Waals surface area contributed by atoms with Gasteiger partial charge in [0, 0.05) is 23.0 Å². The molecule has 1 heterocycles. The van der Waals surface area contributed by atoms with Crippen LogP contribution in [-0.2, 0) is 10.1 Å². The van der Waals surface area contributed by atoms with Crippen LogP contribution in [0.1, 0.15) is 31.7 Å². The van der Waals surface area contributed by atoms with E-state index in [1.807, 2.05) is 36.9 Å². The van der Waals surface area contributed by atoms with Gasteiger partial charge in [0.15, 0.2) is 0 Å².